The maximum atomic E-state index is 12.4. The van der Waals surface area contributed by atoms with Crippen molar-refractivity contribution >= 4 is 45.3 Å². The monoisotopic (exact) mass is 653 g/mol. The molecule has 0 bridgehead atoms. The van der Waals surface area contributed by atoms with Gasteiger partial charge in [-0.25, -0.2) is 14.8 Å². The van der Waals surface area contributed by atoms with Crippen LogP contribution in [0.5, 0.6) is 0 Å². The normalized spacial score (nSPS) is 15.4. The number of furan rings is 1. The summed E-state index contributed by atoms with van der Waals surface area (Å²) in [6.45, 7) is 9.15. The Bertz CT molecular complexity index is 1430. The molecule has 3 heterocycles. The molecule has 2 aromatic carbocycles. The summed E-state index contributed by atoms with van der Waals surface area (Å²) in [7, 11) is 1.41. The number of benzene rings is 2. The zero-order valence-corrected chi connectivity index (χ0v) is 25.4. The fraction of sp³-hybridized carbons (Fsp3) is 0.387. The van der Waals surface area contributed by atoms with Crippen LogP contribution in [0.4, 0.5) is 5.82 Å². The van der Waals surface area contributed by atoms with Crippen molar-refractivity contribution in [3.63, 3.8) is 0 Å². The SMILES string of the molecule is COC(=O)[C@@H](Nc1nc(CN2CCN(Cc3ccc(-c4ccc(CI)cc4)o3)CC2)nc2ccccc12)C(C)C. The van der Waals surface area contributed by atoms with Crippen molar-refractivity contribution in [3.8, 4) is 11.3 Å². The summed E-state index contributed by atoms with van der Waals surface area (Å²) < 4.78 is 12.2. The highest BCUT2D eigenvalue weighted by Crippen LogP contribution is 2.25. The Labute approximate surface area is 249 Å². The summed E-state index contributed by atoms with van der Waals surface area (Å²) in [5, 5.41) is 4.23. The van der Waals surface area contributed by atoms with Gasteiger partial charge in [-0.2, -0.15) is 0 Å². The highest BCUT2D eigenvalue weighted by Gasteiger charge is 2.25. The number of rotatable bonds is 10. The van der Waals surface area contributed by atoms with E-state index in [1.807, 2.05) is 38.1 Å². The molecule has 0 amide bonds. The third-order valence-electron chi connectivity index (χ3n) is 7.33. The van der Waals surface area contributed by atoms with Crippen LogP contribution in [0.25, 0.3) is 22.2 Å². The van der Waals surface area contributed by atoms with Crippen LogP contribution in [-0.2, 0) is 27.0 Å². The Balaban J connectivity index is 1.21. The number of para-hydroxylation sites is 1. The number of carbonyl (C=O) groups excluding carboxylic acids is 1. The van der Waals surface area contributed by atoms with Crippen molar-refractivity contribution in [1.82, 2.24) is 19.8 Å². The minimum absolute atomic E-state index is 0.0456. The predicted molar refractivity (Wildman–Crippen MR) is 166 cm³/mol. The third-order valence-corrected chi connectivity index (χ3v) is 8.21. The number of alkyl halides is 1. The van der Waals surface area contributed by atoms with Gasteiger partial charge < -0.3 is 14.5 Å². The predicted octanol–water partition coefficient (Wildman–Crippen LogP) is 5.75. The number of ether oxygens (including phenoxy) is 1. The molecule has 5 rings (SSSR count). The van der Waals surface area contributed by atoms with Crippen LogP contribution >= 0.6 is 22.6 Å². The minimum atomic E-state index is -0.489. The van der Waals surface area contributed by atoms with Crippen molar-refractivity contribution in [2.45, 2.75) is 37.4 Å². The largest absolute Gasteiger partial charge is 0.467 e. The molecule has 1 fully saturated rings. The van der Waals surface area contributed by atoms with Crippen LogP contribution in [0, 0.1) is 5.92 Å². The molecule has 0 spiro atoms. The number of fused-ring (bicyclic) bond motifs is 1. The summed E-state index contributed by atoms with van der Waals surface area (Å²) >= 11 is 2.38. The molecule has 1 aliphatic rings. The molecule has 0 aliphatic carbocycles. The zero-order valence-electron chi connectivity index (χ0n) is 23.3. The quantitative estimate of drug-likeness (QED) is 0.132. The fourth-order valence-electron chi connectivity index (χ4n) is 4.98. The average molecular weight is 654 g/mol. The van der Waals surface area contributed by atoms with Crippen molar-refractivity contribution < 1.29 is 13.9 Å². The number of anilines is 1. The number of aromatic nitrogens is 2. The van der Waals surface area contributed by atoms with Crippen LogP contribution in [0.2, 0.25) is 0 Å². The standard InChI is InChI=1S/C31H36IN5O3/c1-21(2)29(31(38)39-3)35-30-25-6-4-5-7-26(25)33-28(34-30)20-37-16-14-36(15-17-37)19-24-12-13-27(40-24)23-10-8-22(18-32)9-11-23/h4-13,21,29H,14-20H2,1-3H3,(H,33,34,35)/t29-/m0/s1. The van der Waals surface area contributed by atoms with E-state index in [-0.39, 0.29) is 11.9 Å². The lowest BCUT2D eigenvalue weighted by atomic mass is 10.0. The maximum absolute atomic E-state index is 12.4. The van der Waals surface area contributed by atoms with E-state index < -0.39 is 6.04 Å². The van der Waals surface area contributed by atoms with Crippen LogP contribution in [-0.4, -0.2) is 65.1 Å². The second-order valence-corrected chi connectivity index (χ2v) is 11.3. The summed E-state index contributed by atoms with van der Waals surface area (Å²) in [6.07, 6.45) is 0. The Hall–Kier alpha value is -3.02. The maximum Gasteiger partial charge on any atom is 0.328 e. The fourth-order valence-corrected chi connectivity index (χ4v) is 5.49. The molecular weight excluding hydrogens is 617 g/mol. The lowest BCUT2D eigenvalue weighted by Gasteiger charge is -2.33. The first-order valence-corrected chi connectivity index (χ1v) is 15.2. The van der Waals surface area contributed by atoms with E-state index in [4.69, 9.17) is 19.1 Å². The highest BCUT2D eigenvalue weighted by molar-refractivity contribution is 14.1. The van der Waals surface area contributed by atoms with E-state index in [1.54, 1.807) is 0 Å². The van der Waals surface area contributed by atoms with Gasteiger partial charge in [-0.3, -0.25) is 9.80 Å². The first-order chi connectivity index (χ1) is 19.4. The molecule has 1 aliphatic heterocycles. The van der Waals surface area contributed by atoms with Gasteiger partial charge in [-0.1, -0.05) is 72.8 Å². The van der Waals surface area contributed by atoms with Gasteiger partial charge in [0.2, 0.25) is 0 Å². The number of piperazine rings is 1. The van der Waals surface area contributed by atoms with Gasteiger partial charge in [0.1, 0.15) is 29.2 Å². The van der Waals surface area contributed by atoms with Gasteiger partial charge in [0.15, 0.2) is 0 Å². The van der Waals surface area contributed by atoms with Crippen LogP contribution in [0.3, 0.4) is 0 Å². The molecule has 9 heteroatoms. The molecule has 2 aromatic heterocycles. The average Bonchev–Trinajstić information content (AvgIpc) is 3.44. The van der Waals surface area contributed by atoms with Gasteiger partial charge in [0, 0.05) is 41.6 Å². The number of hydrogen-bond acceptors (Lipinski definition) is 8. The molecule has 40 heavy (non-hydrogen) atoms. The van der Waals surface area contributed by atoms with Crippen molar-refractivity contribution in [2.24, 2.45) is 5.92 Å². The van der Waals surface area contributed by atoms with Crippen LogP contribution in [0.1, 0.15) is 31.0 Å². The third kappa shape index (κ3) is 6.82. The van der Waals surface area contributed by atoms with Gasteiger partial charge >= 0.3 is 5.97 Å². The topological polar surface area (TPSA) is 83.7 Å². The molecule has 4 aromatic rings. The van der Waals surface area contributed by atoms with E-state index in [0.717, 1.165) is 71.0 Å². The number of carbonyl (C=O) groups is 1. The molecule has 0 unspecified atom stereocenters. The first kappa shape index (κ1) is 28.5. The smallest absolute Gasteiger partial charge is 0.328 e. The van der Waals surface area contributed by atoms with E-state index in [2.05, 4.69) is 74.1 Å². The van der Waals surface area contributed by atoms with Crippen LogP contribution < -0.4 is 5.32 Å². The minimum Gasteiger partial charge on any atom is -0.467 e. The Morgan fingerprint density at radius 2 is 1.68 bits per heavy atom. The molecule has 1 atom stereocenters. The van der Waals surface area contributed by atoms with Gasteiger partial charge in [-0.05, 0) is 35.7 Å². The number of halogens is 1. The highest BCUT2D eigenvalue weighted by atomic mass is 127. The Kier molecular flexibility index (Phi) is 9.33. The number of esters is 1. The number of hydrogen-bond donors (Lipinski definition) is 1. The molecule has 1 N–H and O–H groups in total. The summed E-state index contributed by atoms with van der Waals surface area (Å²) in [4.78, 5) is 26.9. The molecule has 0 saturated carbocycles. The number of nitrogens with one attached hydrogen (secondary N) is 1. The lowest BCUT2D eigenvalue weighted by molar-refractivity contribution is -0.142. The molecule has 1 saturated heterocycles. The summed E-state index contributed by atoms with van der Waals surface area (Å²) in [5.41, 5.74) is 3.29. The van der Waals surface area contributed by atoms with Gasteiger partial charge in [0.25, 0.3) is 0 Å². The van der Waals surface area contributed by atoms with Gasteiger partial charge in [-0.15, -0.1) is 0 Å². The molecule has 0 radical (unpaired) electrons. The second-order valence-electron chi connectivity index (χ2n) is 10.5. The summed E-state index contributed by atoms with van der Waals surface area (Å²) in [5.74, 6) is 3.06. The van der Waals surface area contributed by atoms with Crippen molar-refractivity contribution in [1.29, 1.82) is 0 Å². The van der Waals surface area contributed by atoms with Crippen molar-refractivity contribution in [3.05, 3.63) is 77.8 Å². The van der Waals surface area contributed by atoms with E-state index >= 15 is 0 Å². The van der Waals surface area contributed by atoms with E-state index in [0.29, 0.717) is 12.4 Å². The van der Waals surface area contributed by atoms with E-state index in [9.17, 15) is 4.79 Å². The van der Waals surface area contributed by atoms with Crippen molar-refractivity contribution in [2.75, 3.05) is 38.6 Å². The second kappa shape index (κ2) is 13.1. The lowest BCUT2D eigenvalue weighted by Crippen LogP contribution is -2.45. The Morgan fingerprint density at radius 3 is 2.35 bits per heavy atom. The summed E-state index contributed by atoms with van der Waals surface area (Å²) in [6, 6.07) is 20.1. The van der Waals surface area contributed by atoms with Crippen LogP contribution in [0.15, 0.2) is 65.1 Å². The van der Waals surface area contributed by atoms with E-state index in [1.165, 1.54) is 12.7 Å². The zero-order chi connectivity index (χ0) is 28.1. The number of nitrogens with zero attached hydrogens (tertiary/aromatic N) is 4. The first-order valence-electron chi connectivity index (χ1n) is 13.7. The molecular formula is C31H36IN5O3. The Morgan fingerprint density at radius 1 is 0.975 bits per heavy atom. The molecule has 8 nitrogen and oxygen atoms in total. The molecule has 210 valence electrons. The number of methoxy groups -OCH3 is 1. The van der Waals surface area contributed by atoms with Gasteiger partial charge in [0.05, 0.1) is 25.7 Å².